The van der Waals surface area contributed by atoms with E-state index in [2.05, 4.69) is 20.5 Å². The topological polar surface area (TPSA) is 86.3 Å². The number of benzene rings is 2. The fraction of sp³-hybridized carbons (Fsp3) is 0.120. The van der Waals surface area contributed by atoms with Crippen LogP contribution in [0.5, 0.6) is 5.75 Å². The number of amides is 1. The van der Waals surface area contributed by atoms with E-state index in [1.54, 1.807) is 42.5 Å². The van der Waals surface area contributed by atoms with E-state index in [1.165, 1.54) is 36.3 Å². The number of methoxy groups -OCH3 is 1. The molecule has 0 saturated carbocycles. The molecule has 3 aromatic heterocycles. The molecule has 2 aromatic carbocycles. The minimum absolute atomic E-state index is 0.0590. The summed E-state index contributed by atoms with van der Waals surface area (Å²) in [6, 6.07) is 14.6. The van der Waals surface area contributed by atoms with Gasteiger partial charge in [0.2, 0.25) is 0 Å². The third-order valence-corrected chi connectivity index (χ3v) is 5.52. The summed E-state index contributed by atoms with van der Waals surface area (Å²) in [4.78, 5) is 17.1. The molecule has 0 unspecified atom stereocenters. The molecule has 0 bridgehead atoms. The van der Waals surface area contributed by atoms with Gasteiger partial charge in [-0.25, -0.2) is 13.9 Å². The number of alkyl halides is 3. The van der Waals surface area contributed by atoms with Crippen molar-refractivity contribution in [1.29, 1.82) is 0 Å². The number of ether oxygens (including phenoxy) is 1. The second-order valence-corrected chi connectivity index (χ2v) is 8.02. The molecule has 5 aromatic rings. The largest absolute Gasteiger partial charge is 0.497 e. The molecule has 0 radical (unpaired) electrons. The molecule has 0 atom stereocenters. The van der Waals surface area contributed by atoms with E-state index in [1.807, 2.05) is 0 Å². The quantitative estimate of drug-likeness (QED) is 0.323. The summed E-state index contributed by atoms with van der Waals surface area (Å²) in [5.74, 6) is -0.605. The number of hydrogen-bond acceptors (Lipinski definition) is 5. The van der Waals surface area contributed by atoms with E-state index in [-0.39, 0.29) is 29.3 Å². The fourth-order valence-corrected chi connectivity index (χ4v) is 3.71. The summed E-state index contributed by atoms with van der Waals surface area (Å²) in [7, 11) is 1.48. The van der Waals surface area contributed by atoms with Crippen LogP contribution in [0.3, 0.4) is 0 Å². The lowest BCUT2D eigenvalue weighted by Crippen LogP contribution is -2.15. The van der Waals surface area contributed by atoms with Crippen molar-refractivity contribution in [1.82, 2.24) is 24.4 Å². The number of fused-ring (bicyclic) bond motifs is 1. The zero-order valence-electron chi connectivity index (χ0n) is 19.2. The van der Waals surface area contributed by atoms with Gasteiger partial charge in [0.25, 0.3) is 5.91 Å². The third kappa shape index (κ3) is 4.99. The van der Waals surface area contributed by atoms with Crippen LogP contribution in [-0.4, -0.2) is 37.4 Å². The highest BCUT2D eigenvalue weighted by molar-refractivity contribution is 6.03. The highest BCUT2D eigenvalue weighted by Gasteiger charge is 2.35. The molecular weight excluding hydrogens is 492 g/mol. The Balaban J connectivity index is 1.42. The summed E-state index contributed by atoms with van der Waals surface area (Å²) < 4.78 is 62.5. The summed E-state index contributed by atoms with van der Waals surface area (Å²) in [5, 5.41) is 10.5. The summed E-state index contributed by atoms with van der Waals surface area (Å²) in [6.07, 6.45) is -1.94. The number of rotatable bonds is 6. The second kappa shape index (κ2) is 9.37. The Morgan fingerprint density at radius 1 is 1.08 bits per heavy atom. The molecule has 0 fully saturated rings. The van der Waals surface area contributed by atoms with E-state index in [0.717, 1.165) is 6.07 Å². The number of nitrogens with zero attached hydrogens (tertiary/aromatic N) is 5. The zero-order chi connectivity index (χ0) is 26.2. The Labute approximate surface area is 207 Å². The van der Waals surface area contributed by atoms with Gasteiger partial charge in [-0.3, -0.25) is 9.48 Å². The molecule has 188 valence electrons. The van der Waals surface area contributed by atoms with Crippen molar-refractivity contribution in [2.45, 2.75) is 12.7 Å². The van der Waals surface area contributed by atoms with Crippen LogP contribution in [0.25, 0.3) is 16.9 Å². The van der Waals surface area contributed by atoms with Crippen LogP contribution in [0.15, 0.2) is 73.1 Å². The summed E-state index contributed by atoms with van der Waals surface area (Å²) in [6.45, 7) is 0.129. The number of anilines is 1. The number of nitrogens with one attached hydrogen (secondary N) is 1. The summed E-state index contributed by atoms with van der Waals surface area (Å²) >= 11 is 0. The molecular formula is C25H18F4N6O2. The van der Waals surface area contributed by atoms with Gasteiger partial charge in [0, 0.05) is 23.4 Å². The smallest absolute Gasteiger partial charge is 0.433 e. The van der Waals surface area contributed by atoms with Gasteiger partial charge in [0.1, 0.15) is 11.6 Å². The van der Waals surface area contributed by atoms with Crippen molar-refractivity contribution in [3.63, 3.8) is 0 Å². The molecule has 1 amide bonds. The number of carbonyl (C=O) groups excluding carboxylic acids is 1. The van der Waals surface area contributed by atoms with Crippen LogP contribution in [0.1, 0.15) is 21.7 Å². The molecule has 8 nitrogen and oxygen atoms in total. The zero-order valence-corrected chi connectivity index (χ0v) is 19.2. The standard InChI is InChI=1S/C25H18F4N6O2/c1-37-18-8-6-15(7-9-18)20-10-22(25(27,28)29)35-23(32-20)11-21(33-35)24(36)31-17-12-30-34(14-17)13-16-4-2-3-5-19(16)26/h2-12,14H,13H2,1H3,(H,31,36). The van der Waals surface area contributed by atoms with E-state index < -0.39 is 23.6 Å². The van der Waals surface area contributed by atoms with Crippen LogP contribution in [0, 0.1) is 5.82 Å². The van der Waals surface area contributed by atoms with Gasteiger partial charge >= 0.3 is 6.18 Å². The predicted octanol–water partition coefficient (Wildman–Crippen LogP) is 5.06. The van der Waals surface area contributed by atoms with Crippen LogP contribution in [0.2, 0.25) is 0 Å². The van der Waals surface area contributed by atoms with E-state index >= 15 is 0 Å². The average molecular weight is 510 g/mol. The van der Waals surface area contributed by atoms with Crippen LogP contribution in [-0.2, 0) is 12.7 Å². The van der Waals surface area contributed by atoms with Gasteiger partial charge in [-0.05, 0) is 36.4 Å². The van der Waals surface area contributed by atoms with Gasteiger partial charge in [-0.15, -0.1) is 0 Å². The molecule has 37 heavy (non-hydrogen) atoms. The lowest BCUT2D eigenvalue weighted by atomic mass is 10.1. The molecule has 12 heteroatoms. The molecule has 0 saturated heterocycles. The molecule has 1 N–H and O–H groups in total. The first-order valence-electron chi connectivity index (χ1n) is 10.9. The molecule has 0 aliphatic heterocycles. The Bertz CT molecular complexity index is 1590. The Morgan fingerprint density at radius 3 is 2.54 bits per heavy atom. The van der Waals surface area contributed by atoms with Gasteiger partial charge in [-0.2, -0.15) is 23.4 Å². The monoisotopic (exact) mass is 510 g/mol. The maximum Gasteiger partial charge on any atom is 0.433 e. The Morgan fingerprint density at radius 2 is 1.84 bits per heavy atom. The van der Waals surface area contributed by atoms with Crippen molar-refractivity contribution in [2.75, 3.05) is 12.4 Å². The second-order valence-electron chi connectivity index (χ2n) is 8.02. The first-order valence-corrected chi connectivity index (χ1v) is 10.9. The third-order valence-electron chi connectivity index (χ3n) is 5.52. The van der Waals surface area contributed by atoms with Crippen molar-refractivity contribution >= 4 is 17.2 Å². The minimum Gasteiger partial charge on any atom is -0.497 e. The Kier molecular flexibility index (Phi) is 6.07. The molecule has 0 aliphatic carbocycles. The first kappa shape index (κ1) is 24.0. The number of halogens is 4. The Hall–Kier alpha value is -4.74. The van der Waals surface area contributed by atoms with Crippen LogP contribution in [0.4, 0.5) is 23.2 Å². The van der Waals surface area contributed by atoms with Crippen LogP contribution < -0.4 is 10.1 Å². The highest BCUT2D eigenvalue weighted by Crippen LogP contribution is 2.32. The molecule has 5 rings (SSSR count). The van der Waals surface area contributed by atoms with Crippen molar-refractivity contribution in [3.8, 4) is 17.0 Å². The average Bonchev–Trinajstić information content (AvgIpc) is 3.51. The van der Waals surface area contributed by atoms with Gasteiger partial charge in [-0.1, -0.05) is 18.2 Å². The highest BCUT2D eigenvalue weighted by atomic mass is 19.4. The normalized spacial score (nSPS) is 11.6. The number of carbonyl (C=O) groups is 1. The maximum atomic E-state index is 13.9. The molecule has 0 spiro atoms. The van der Waals surface area contributed by atoms with Crippen molar-refractivity contribution < 1.29 is 27.1 Å². The van der Waals surface area contributed by atoms with Gasteiger partial charge < -0.3 is 10.1 Å². The van der Waals surface area contributed by atoms with Crippen molar-refractivity contribution in [3.05, 3.63) is 95.8 Å². The van der Waals surface area contributed by atoms with E-state index in [4.69, 9.17) is 4.74 Å². The van der Waals surface area contributed by atoms with Crippen LogP contribution >= 0.6 is 0 Å². The predicted molar refractivity (Wildman–Crippen MR) is 126 cm³/mol. The lowest BCUT2D eigenvalue weighted by Gasteiger charge is -2.11. The van der Waals surface area contributed by atoms with E-state index in [0.29, 0.717) is 21.4 Å². The first-order chi connectivity index (χ1) is 17.7. The molecule has 3 heterocycles. The minimum atomic E-state index is -4.75. The van der Waals surface area contributed by atoms with Gasteiger partial charge in [0.05, 0.1) is 31.2 Å². The lowest BCUT2D eigenvalue weighted by molar-refractivity contribution is -0.142. The number of hydrogen-bond donors (Lipinski definition) is 1. The summed E-state index contributed by atoms with van der Waals surface area (Å²) in [5.41, 5.74) is -0.344. The molecule has 0 aliphatic rings. The SMILES string of the molecule is COc1ccc(-c2cc(C(F)(F)F)n3nc(C(=O)Nc4cnn(Cc5ccccc5F)c4)cc3n2)cc1. The van der Waals surface area contributed by atoms with Gasteiger partial charge in [0.15, 0.2) is 17.0 Å². The fourth-order valence-electron chi connectivity index (χ4n) is 3.71. The van der Waals surface area contributed by atoms with E-state index in [9.17, 15) is 22.4 Å². The maximum absolute atomic E-state index is 13.9. The van der Waals surface area contributed by atoms with Crippen molar-refractivity contribution in [2.24, 2.45) is 0 Å². The number of aromatic nitrogens is 5.